The molecule has 0 unspecified atom stereocenters. The molecule has 1 heterocycles. The molecule has 2 N–H and O–H groups in total. The zero-order valence-electron chi connectivity index (χ0n) is 27.1. The third-order valence-electron chi connectivity index (χ3n) is 8.02. The molecule has 1 aromatic heterocycles. The van der Waals surface area contributed by atoms with Gasteiger partial charge in [0.1, 0.15) is 5.75 Å². The number of methoxy groups -OCH3 is 2. The first-order chi connectivity index (χ1) is 22.7. The molecule has 0 aliphatic rings. The zero-order valence-corrected chi connectivity index (χ0v) is 27.9. The number of anilines is 1. The van der Waals surface area contributed by atoms with Gasteiger partial charge < -0.3 is 29.6 Å². The van der Waals surface area contributed by atoms with Crippen molar-refractivity contribution < 1.29 is 19.1 Å². The summed E-state index contributed by atoms with van der Waals surface area (Å²) in [5.74, 6) is 0.324. The van der Waals surface area contributed by atoms with Crippen LogP contribution in [0.3, 0.4) is 0 Å². The number of nitrogens with one attached hydrogen (secondary N) is 2. The number of ether oxygens (including phenoxy) is 2. The summed E-state index contributed by atoms with van der Waals surface area (Å²) in [5.41, 5.74) is 4.49. The fourth-order valence-corrected chi connectivity index (χ4v) is 5.32. The van der Waals surface area contributed by atoms with E-state index in [2.05, 4.69) is 35.5 Å². The van der Waals surface area contributed by atoms with Crippen LogP contribution >= 0.6 is 12.2 Å². The summed E-state index contributed by atoms with van der Waals surface area (Å²) >= 11 is 5.92. The second-order valence-corrected chi connectivity index (χ2v) is 11.7. The molecule has 4 aromatic rings. The number of aromatic nitrogens is 2. The number of thiocarbonyl (C=S) groups is 1. The molecule has 10 nitrogen and oxygen atoms in total. The van der Waals surface area contributed by atoms with Crippen LogP contribution in [-0.4, -0.2) is 58.2 Å². The van der Waals surface area contributed by atoms with Crippen molar-refractivity contribution in [3.63, 3.8) is 0 Å². The van der Waals surface area contributed by atoms with Crippen LogP contribution in [0.25, 0.3) is 0 Å². The van der Waals surface area contributed by atoms with Crippen molar-refractivity contribution in [1.82, 2.24) is 19.8 Å². The summed E-state index contributed by atoms with van der Waals surface area (Å²) in [6, 6.07) is 24.0. The van der Waals surface area contributed by atoms with Crippen LogP contribution in [0.1, 0.15) is 53.0 Å². The number of amides is 1. The number of nitriles is 1. The maximum atomic E-state index is 13.5. The van der Waals surface area contributed by atoms with E-state index in [-0.39, 0.29) is 24.3 Å². The summed E-state index contributed by atoms with van der Waals surface area (Å²) in [4.78, 5) is 32.1. The molecule has 3 aromatic carbocycles. The van der Waals surface area contributed by atoms with Gasteiger partial charge in [-0.3, -0.25) is 4.79 Å². The van der Waals surface area contributed by atoms with Crippen molar-refractivity contribution in [2.24, 2.45) is 5.92 Å². The Labute approximate surface area is 281 Å². The van der Waals surface area contributed by atoms with Crippen LogP contribution in [0.15, 0.2) is 85.3 Å². The van der Waals surface area contributed by atoms with E-state index >= 15 is 0 Å². The zero-order chi connectivity index (χ0) is 33.8. The number of imidazole rings is 1. The van der Waals surface area contributed by atoms with E-state index in [4.69, 9.17) is 27.0 Å². The number of hydrogen-bond donors (Lipinski definition) is 2. The summed E-state index contributed by atoms with van der Waals surface area (Å²) in [5, 5.41) is 16.2. The van der Waals surface area contributed by atoms with Gasteiger partial charge in [0.15, 0.2) is 5.11 Å². The van der Waals surface area contributed by atoms with Crippen molar-refractivity contribution in [2.45, 2.75) is 45.8 Å². The minimum absolute atomic E-state index is 0.126. The molecule has 47 heavy (non-hydrogen) atoms. The maximum absolute atomic E-state index is 13.5. The SMILES string of the molecule is CC[C@H](C)[C@@H](CN(Cc1cccc(C(=O)OC)c1)C(=S)Nc1ccc(OC)cc1)NC(=O)Cc1cncn1Cc1ccc(C#N)cc1. The van der Waals surface area contributed by atoms with Crippen LogP contribution < -0.4 is 15.4 Å². The van der Waals surface area contributed by atoms with E-state index in [1.165, 1.54) is 7.11 Å². The predicted molar refractivity (Wildman–Crippen MR) is 185 cm³/mol. The fraction of sp³-hybridized carbons (Fsp3) is 0.306. The predicted octanol–water partition coefficient (Wildman–Crippen LogP) is 5.57. The number of carbonyl (C=O) groups excluding carboxylic acids is 2. The highest BCUT2D eigenvalue weighted by Crippen LogP contribution is 2.19. The number of nitrogens with zero attached hydrogens (tertiary/aromatic N) is 4. The summed E-state index contributed by atoms with van der Waals surface area (Å²) < 4.78 is 12.1. The van der Waals surface area contributed by atoms with E-state index in [9.17, 15) is 9.59 Å². The molecule has 244 valence electrons. The molecule has 0 radical (unpaired) electrons. The van der Waals surface area contributed by atoms with Crippen molar-refractivity contribution in [2.75, 3.05) is 26.1 Å². The first-order valence-corrected chi connectivity index (χ1v) is 15.8. The van der Waals surface area contributed by atoms with Gasteiger partial charge in [0.2, 0.25) is 5.91 Å². The van der Waals surface area contributed by atoms with Gasteiger partial charge in [0, 0.05) is 43.3 Å². The Balaban J connectivity index is 1.52. The molecule has 11 heteroatoms. The first kappa shape index (κ1) is 34.7. The van der Waals surface area contributed by atoms with Crippen molar-refractivity contribution in [1.29, 1.82) is 5.26 Å². The minimum atomic E-state index is -0.416. The highest BCUT2D eigenvalue weighted by Gasteiger charge is 2.24. The van der Waals surface area contributed by atoms with Gasteiger partial charge in [-0.15, -0.1) is 0 Å². The van der Waals surface area contributed by atoms with Crippen LogP contribution in [-0.2, 0) is 29.0 Å². The van der Waals surface area contributed by atoms with E-state index in [0.29, 0.717) is 35.9 Å². The third-order valence-corrected chi connectivity index (χ3v) is 8.38. The molecule has 0 aliphatic heterocycles. The van der Waals surface area contributed by atoms with Gasteiger partial charge in [-0.2, -0.15) is 5.26 Å². The van der Waals surface area contributed by atoms with Crippen LogP contribution in [0.4, 0.5) is 5.69 Å². The summed E-state index contributed by atoms with van der Waals surface area (Å²) in [6.07, 6.45) is 4.40. The molecule has 0 saturated heterocycles. The van der Waals surface area contributed by atoms with Gasteiger partial charge in [0.05, 0.1) is 44.2 Å². The maximum Gasteiger partial charge on any atom is 0.337 e. The van der Waals surface area contributed by atoms with Crippen LogP contribution in [0.2, 0.25) is 0 Å². The second kappa shape index (κ2) is 16.9. The smallest absolute Gasteiger partial charge is 0.337 e. The molecule has 1 amide bonds. The molecular weight excluding hydrogens is 613 g/mol. The van der Waals surface area contributed by atoms with Crippen molar-refractivity contribution >= 4 is 34.9 Å². The van der Waals surface area contributed by atoms with Crippen LogP contribution in [0.5, 0.6) is 5.75 Å². The number of carbonyl (C=O) groups is 2. The Hall–Kier alpha value is -5.21. The molecule has 0 fully saturated rings. The number of hydrogen-bond acceptors (Lipinski definition) is 7. The molecule has 0 saturated carbocycles. The Bertz CT molecular complexity index is 1700. The van der Waals surface area contributed by atoms with E-state index in [1.807, 2.05) is 58.0 Å². The van der Waals surface area contributed by atoms with Gasteiger partial charge in [-0.25, -0.2) is 9.78 Å². The minimum Gasteiger partial charge on any atom is -0.497 e. The average molecular weight is 653 g/mol. The lowest BCUT2D eigenvalue weighted by Crippen LogP contribution is -2.50. The normalized spacial score (nSPS) is 11.9. The largest absolute Gasteiger partial charge is 0.497 e. The lowest BCUT2D eigenvalue weighted by molar-refractivity contribution is -0.121. The molecule has 0 bridgehead atoms. The Kier molecular flexibility index (Phi) is 12.5. The Morgan fingerprint density at radius 3 is 2.47 bits per heavy atom. The Morgan fingerprint density at radius 1 is 1.06 bits per heavy atom. The van der Waals surface area contributed by atoms with Gasteiger partial charge in [-0.05, 0) is 77.8 Å². The standard InChI is InChI=1S/C36H40N6O4S/c1-5-25(2)33(40-34(43)18-31-20-38-24-42(31)21-27-11-9-26(19-37)10-12-27)23-41(22-28-7-6-8-29(17-28)35(44)46-4)36(47)39-30-13-15-32(45-3)16-14-30/h6-17,20,24-25,33H,5,18,21-23H2,1-4H3,(H,39,47)(H,40,43)/t25-,33+/m0/s1. The van der Waals surface area contributed by atoms with Crippen molar-refractivity contribution in [3.8, 4) is 11.8 Å². The lowest BCUT2D eigenvalue weighted by atomic mass is 9.98. The topological polar surface area (TPSA) is 122 Å². The van der Waals surface area contributed by atoms with Gasteiger partial charge in [-0.1, -0.05) is 44.5 Å². The number of benzene rings is 3. The van der Waals surface area contributed by atoms with E-state index in [0.717, 1.165) is 34.7 Å². The number of esters is 1. The molecule has 4 rings (SSSR count). The second-order valence-electron chi connectivity index (χ2n) is 11.3. The highest BCUT2D eigenvalue weighted by atomic mass is 32.1. The third kappa shape index (κ3) is 9.89. The summed E-state index contributed by atoms with van der Waals surface area (Å²) in [6.45, 7) is 5.56. The quantitative estimate of drug-likeness (QED) is 0.133. The van der Waals surface area contributed by atoms with E-state index in [1.54, 1.807) is 43.9 Å². The van der Waals surface area contributed by atoms with Crippen molar-refractivity contribution in [3.05, 3.63) is 113 Å². The highest BCUT2D eigenvalue weighted by molar-refractivity contribution is 7.80. The lowest BCUT2D eigenvalue weighted by Gasteiger charge is -2.33. The van der Waals surface area contributed by atoms with E-state index < -0.39 is 5.97 Å². The molecule has 2 atom stereocenters. The fourth-order valence-electron chi connectivity index (χ4n) is 5.06. The Morgan fingerprint density at radius 2 is 1.81 bits per heavy atom. The molecular formula is C36H40N6O4S. The average Bonchev–Trinajstić information content (AvgIpc) is 3.53. The summed E-state index contributed by atoms with van der Waals surface area (Å²) in [7, 11) is 2.97. The first-order valence-electron chi connectivity index (χ1n) is 15.4. The molecule has 0 spiro atoms. The van der Waals surface area contributed by atoms with Gasteiger partial charge >= 0.3 is 5.97 Å². The monoisotopic (exact) mass is 652 g/mol. The van der Waals surface area contributed by atoms with Crippen LogP contribution in [0, 0.1) is 17.2 Å². The van der Waals surface area contributed by atoms with Gasteiger partial charge in [0.25, 0.3) is 0 Å². The molecule has 0 aliphatic carbocycles. The number of rotatable bonds is 14.